The number of nitrogens with zero attached hydrogens (tertiary/aromatic N) is 3. The minimum Gasteiger partial charge on any atom is -0.368 e. The molecule has 0 bridgehead atoms. The Kier molecular flexibility index (Phi) is 3.50. The first-order chi connectivity index (χ1) is 7.66. The number of halogens is 1. The number of benzene rings is 1. The van der Waals surface area contributed by atoms with Gasteiger partial charge in [0.2, 0.25) is 5.95 Å². The molecule has 2 rings (SSSR count). The van der Waals surface area contributed by atoms with Gasteiger partial charge < -0.3 is 5.73 Å². The predicted molar refractivity (Wildman–Crippen MR) is 69.1 cm³/mol. The molecule has 0 fully saturated rings. The molecule has 16 heavy (non-hydrogen) atoms. The third-order valence-corrected chi connectivity index (χ3v) is 3.77. The summed E-state index contributed by atoms with van der Waals surface area (Å²) in [6, 6.07) is 8.22. The standard InChI is InChI=1S/C10H11BrN4S/c1-15-9(12)13-14-10(15)16-6-7-2-4-8(11)5-3-7/h2-5H,6H2,1H3,(H2,12,13). The summed E-state index contributed by atoms with van der Waals surface area (Å²) >= 11 is 5.03. The molecule has 6 heteroatoms. The van der Waals surface area contributed by atoms with E-state index >= 15 is 0 Å². The summed E-state index contributed by atoms with van der Waals surface area (Å²) < 4.78 is 2.87. The number of nitrogen functional groups attached to an aromatic ring is 1. The van der Waals surface area contributed by atoms with Gasteiger partial charge in [-0.25, -0.2) is 0 Å². The molecule has 84 valence electrons. The quantitative estimate of drug-likeness (QED) is 0.885. The highest BCUT2D eigenvalue weighted by molar-refractivity contribution is 9.10. The van der Waals surface area contributed by atoms with Gasteiger partial charge in [-0.15, -0.1) is 10.2 Å². The van der Waals surface area contributed by atoms with E-state index < -0.39 is 0 Å². The van der Waals surface area contributed by atoms with Crippen molar-refractivity contribution in [3.8, 4) is 0 Å². The van der Waals surface area contributed by atoms with Gasteiger partial charge in [-0.1, -0.05) is 39.8 Å². The molecule has 0 saturated carbocycles. The summed E-state index contributed by atoms with van der Waals surface area (Å²) in [6.45, 7) is 0. The molecular formula is C10H11BrN4S. The van der Waals surface area contributed by atoms with Crippen LogP contribution in [0.1, 0.15) is 5.56 Å². The fraction of sp³-hybridized carbons (Fsp3) is 0.200. The van der Waals surface area contributed by atoms with Gasteiger partial charge in [-0.2, -0.15) is 0 Å². The van der Waals surface area contributed by atoms with E-state index in [-0.39, 0.29) is 0 Å². The molecule has 0 saturated heterocycles. The second-order valence-corrected chi connectivity index (χ2v) is 5.17. The lowest BCUT2D eigenvalue weighted by Crippen LogP contribution is -1.98. The number of aromatic nitrogens is 3. The smallest absolute Gasteiger partial charge is 0.222 e. The Hall–Kier alpha value is -1.01. The van der Waals surface area contributed by atoms with Gasteiger partial charge >= 0.3 is 0 Å². The van der Waals surface area contributed by atoms with Crippen molar-refractivity contribution in [2.75, 3.05) is 5.73 Å². The minimum absolute atomic E-state index is 0.443. The fourth-order valence-corrected chi connectivity index (χ4v) is 2.32. The highest BCUT2D eigenvalue weighted by Gasteiger charge is 2.05. The largest absolute Gasteiger partial charge is 0.368 e. The molecule has 2 aromatic rings. The van der Waals surface area contributed by atoms with Crippen LogP contribution in [0.15, 0.2) is 33.9 Å². The molecular weight excluding hydrogens is 288 g/mol. The highest BCUT2D eigenvalue weighted by atomic mass is 79.9. The predicted octanol–water partition coefficient (Wildman–Crippen LogP) is 2.45. The van der Waals surface area contributed by atoms with E-state index in [1.165, 1.54) is 5.56 Å². The lowest BCUT2D eigenvalue weighted by molar-refractivity contribution is 0.796. The molecule has 0 aliphatic heterocycles. The normalized spacial score (nSPS) is 10.6. The van der Waals surface area contributed by atoms with Crippen molar-refractivity contribution in [1.29, 1.82) is 0 Å². The van der Waals surface area contributed by atoms with E-state index in [9.17, 15) is 0 Å². The second kappa shape index (κ2) is 4.88. The van der Waals surface area contributed by atoms with Crippen molar-refractivity contribution in [1.82, 2.24) is 14.8 Å². The Morgan fingerprint density at radius 2 is 2.00 bits per heavy atom. The zero-order chi connectivity index (χ0) is 11.5. The third kappa shape index (κ3) is 2.56. The maximum absolute atomic E-state index is 5.60. The first-order valence-electron chi connectivity index (χ1n) is 4.69. The first-order valence-corrected chi connectivity index (χ1v) is 6.47. The molecule has 0 atom stereocenters. The molecule has 0 aliphatic carbocycles. The van der Waals surface area contributed by atoms with E-state index in [2.05, 4.69) is 38.3 Å². The highest BCUT2D eigenvalue weighted by Crippen LogP contribution is 2.22. The monoisotopic (exact) mass is 298 g/mol. The second-order valence-electron chi connectivity index (χ2n) is 3.31. The molecule has 1 aromatic carbocycles. The summed E-state index contributed by atoms with van der Waals surface area (Å²) in [5.74, 6) is 1.30. The van der Waals surface area contributed by atoms with Crippen molar-refractivity contribution >= 4 is 33.6 Å². The molecule has 1 heterocycles. The van der Waals surface area contributed by atoms with Crippen molar-refractivity contribution in [2.24, 2.45) is 7.05 Å². The van der Waals surface area contributed by atoms with Crippen LogP contribution in [0.4, 0.5) is 5.95 Å². The lowest BCUT2D eigenvalue weighted by Gasteiger charge is -2.01. The van der Waals surface area contributed by atoms with Crippen LogP contribution in [0.25, 0.3) is 0 Å². The molecule has 0 aliphatic rings. The van der Waals surface area contributed by atoms with Crippen LogP contribution in [-0.2, 0) is 12.8 Å². The fourth-order valence-electron chi connectivity index (χ4n) is 1.18. The number of anilines is 1. The molecule has 4 nitrogen and oxygen atoms in total. The van der Waals surface area contributed by atoms with Crippen molar-refractivity contribution in [2.45, 2.75) is 10.9 Å². The minimum atomic E-state index is 0.443. The van der Waals surface area contributed by atoms with Crippen molar-refractivity contribution in [3.05, 3.63) is 34.3 Å². The third-order valence-electron chi connectivity index (χ3n) is 2.15. The zero-order valence-corrected chi connectivity index (χ0v) is 11.1. The molecule has 2 N–H and O–H groups in total. The summed E-state index contributed by atoms with van der Waals surface area (Å²) in [4.78, 5) is 0. The van der Waals surface area contributed by atoms with Crippen molar-refractivity contribution < 1.29 is 0 Å². The SMILES string of the molecule is Cn1c(N)nnc1SCc1ccc(Br)cc1. The first kappa shape index (κ1) is 11.5. The molecule has 0 radical (unpaired) electrons. The van der Waals surface area contributed by atoms with Gasteiger partial charge in [-0.05, 0) is 17.7 Å². The zero-order valence-electron chi connectivity index (χ0n) is 8.72. The molecule has 0 unspecified atom stereocenters. The van der Waals surface area contributed by atoms with E-state index in [4.69, 9.17) is 5.73 Å². The summed E-state index contributed by atoms with van der Waals surface area (Å²) in [7, 11) is 1.86. The summed E-state index contributed by atoms with van der Waals surface area (Å²) in [5.41, 5.74) is 6.84. The number of rotatable bonds is 3. The Balaban J connectivity index is 2.02. The van der Waals surface area contributed by atoms with Crippen LogP contribution in [0, 0.1) is 0 Å². The van der Waals surface area contributed by atoms with Gasteiger partial charge in [0.15, 0.2) is 5.16 Å². The Labute approximate surface area is 106 Å². The van der Waals surface area contributed by atoms with Gasteiger partial charge in [0, 0.05) is 17.3 Å². The number of thioether (sulfide) groups is 1. The van der Waals surface area contributed by atoms with Crippen LogP contribution < -0.4 is 5.73 Å². The maximum atomic E-state index is 5.60. The Morgan fingerprint density at radius 3 is 2.56 bits per heavy atom. The van der Waals surface area contributed by atoms with Crippen LogP contribution in [-0.4, -0.2) is 14.8 Å². The Bertz CT molecular complexity index is 480. The molecule has 0 amide bonds. The van der Waals surface area contributed by atoms with E-state index in [0.29, 0.717) is 5.95 Å². The molecule has 1 aromatic heterocycles. The maximum Gasteiger partial charge on any atom is 0.222 e. The Morgan fingerprint density at radius 1 is 1.31 bits per heavy atom. The number of hydrogen-bond acceptors (Lipinski definition) is 4. The van der Waals surface area contributed by atoms with Crippen LogP contribution in [0.5, 0.6) is 0 Å². The van der Waals surface area contributed by atoms with Gasteiger partial charge in [0.05, 0.1) is 0 Å². The van der Waals surface area contributed by atoms with E-state index in [0.717, 1.165) is 15.4 Å². The van der Waals surface area contributed by atoms with Gasteiger partial charge in [0.25, 0.3) is 0 Å². The van der Waals surface area contributed by atoms with Gasteiger partial charge in [0.1, 0.15) is 0 Å². The number of nitrogens with two attached hydrogens (primary N) is 1. The number of hydrogen-bond donors (Lipinski definition) is 1. The average Bonchev–Trinajstić information content (AvgIpc) is 2.60. The van der Waals surface area contributed by atoms with Crippen LogP contribution in [0.2, 0.25) is 0 Å². The average molecular weight is 299 g/mol. The topological polar surface area (TPSA) is 56.7 Å². The summed E-state index contributed by atoms with van der Waals surface area (Å²) in [5, 5.41) is 8.63. The molecule has 0 spiro atoms. The van der Waals surface area contributed by atoms with Crippen molar-refractivity contribution in [3.63, 3.8) is 0 Å². The summed E-state index contributed by atoms with van der Waals surface area (Å²) in [6.07, 6.45) is 0. The van der Waals surface area contributed by atoms with E-state index in [1.807, 2.05) is 19.2 Å². The lowest BCUT2D eigenvalue weighted by atomic mass is 10.2. The van der Waals surface area contributed by atoms with E-state index in [1.54, 1.807) is 16.3 Å². The van der Waals surface area contributed by atoms with Crippen LogP contribution >= 0.6 is 27.7 Å². The van der Waals surface area contributed by atoms with Crippen LogP contribution in [0.3, 0.4) is 0 Å². The van der Waals surface area contributed by atoms with Gasteiger partial charge in [-0.3, -0.25) is 4.57 Å².